The van der Waals surface area contributed by atoms with Crippen LogP contribution in [-0.2, 0) is 6.54 Å². The summed E-state index contributed by atoms with van der Waals surface area (Å²) in [5.74, 6) is 1.06. The maximum atomic E-state index is 5.90. The fourth-order valence-corrected chi connectivity index (χ4v) is 2.25. The molecule has 0 fully saturated rings. The lowest BCUT2D eigenvalue weighted by molar-refractivity contribution is 0.516. The Morgan fingerprint density at radius 2 is 1.94 bits per heavy atom. The van der Waals surface area contributed by atoms with Gasteiger partial charge in [-0.05, 0) is 50.1 Å². The van der Waals surface area contributed by atoms with Gasteiger partial charge >= 0.3 is 0 Å². The Morgan fingerprint density at radius 1 is 1.19 bits per heavy atom. The van der Waals surface area contributed by atoms with E-state index < -0.39 is 0 Å². The van der Waals surface area contributed by atoms with Gasteiger partial charge in [-0.15, -0.1) is 0 Å². The summed E-state index contributed by atoms with van der Waals surface area (Å²) in [6.07, 6.45) is 0. The number of benzene rings is 1. The maximum Gasteiger partial charge on any atom is 0.135 e. The number of aryl methyl sites for hydroxylation is 3. The molecule has 2 aromatic rings. The van der Waals surface area contributed by atoms with Crippen molar-refractivity contribution in [1.82, 2.24) is 5.32 Å². The van der Waals surface area contributed by atoms with E-state index in [9.17, 15) is 0 Å². The monoisotopic (exact) mass is 217 g/mol. The summed E-state index contributed by atoms with van der Waals surface area (Å²) in [7, 11) is 0. The fraction of sp³-hybridized carbons (Fsp3) is 0.429. The van der Waals surface area contributed by atoms with Crippen LogP contribution in [0.5, 0.6) is 0 Å². The minimum atomic E-state index is 0.815. The van der Waals surface area contributed by atoms with E-state index in [0.29, 0.717) is 0 Å². The van der Waals surface area contributed by atoms with Crippen LogP contribution in [0.15, 0.2) is 16.5 Å². The molecule has 0 amide bonds. The van der Waals surface area contributed by atoms with Gasteiger partial charge in [0.05, 0.1) is 6.54 Å². The summed E-state index contributed by atoms with van der Waals surface area (Å²) in [5.41, 5.74) is 4.85. The van der Waals surface area contributed by atoms with Gasteiger partial charge < -0.3 is 9.73 Å². The normalized spacial score (nSPS) is 11.2. The Kier molecular flexibility index (Phi) is 3.01. The lowest BCUT2D eigenvalue weighted by Crippen LogP contribution is -2.11. The molecule has 0 radical (unpaired) electrons. The molecule has 0 aliphatic heterocycles. The Labute approximate surface area is 96.6 Å². The van der Waals surface area contributed by atoms with Gasteiger partial charge in [0.25, 0.3) is 0 Å². The lowest BCUT2D eigenvalue weighted by atomic mass is 10.0. The van der Waals surface area contributed by atoms with Gasteiger partial charge in [-0.3, -0.25) is 0 Å². The van der Waals surface area contributed by atoms with Crippen molar-refractivity contribution in [2.75, 3.05) is 6.54 Å². The van der Waals surface area contributed by atoms with Crippen molar-refractivity contribution in [2.24, 2.45) is 0 Å². The number of furan rings is 1. The molecule has 1 heterocycles. The molecule has 0 aliphatic carbocycles. The van der Waals surface area contributed by atoms with Crippen molar-refractivity contribution >= 4 is 11.0 Å². The minimum absolute atomic E-state index is 0.815. The first kappa shape index (κ1) is 11.2. The van der Waals surface area contributed by atoms with Crippen LogP contribution in [0.4, 0.5) is 0 Å². The zero-order chi connectivity index (χ0) is 11.7. The molecule has 0 spiro atoms. The molecular formula is C14H19NO. The largest absolute Gasteiger partial charge is 0.459 e. The van der Waals surface area contributed by atoms with Crippen molar-refractivity contribution in [3.8, 4) is 0 Å². The molecule has 0 saturated heterocycles. The SMILES string of the molecule is CCNCc1oc2cc(C)cc(C)c2c1C. The first-order chi connectivity index (χ1) is 7.63. The van der Waals surface area contributed by atoms with E-state index in [4.69, 9.17) is 4.42 Å². The molecule has 86 valence electrons. The lowest BCUT2D eigenvalue weighted by Gasteiger charge is -1.99. The van der Waals surface area contributed by atoms with Gasteiger partial charge in [0, 0.05) is 5.39 Å². The molecule has 1 N–H and O–H groups in total. The topological polar surface area (TPSA) is 25.2 Å². The summed E-state index contributed by atoms with van der Waals surface area (Å²) in [4.78, 5) is 0. The molecule has 16 heavy (non-hydrogen) atoms. The minimum Gasteiger partial charge on any atom is -0.459 e. The van der Waals surface area contributed by atoms with Gasteiger partial charge in [-0.1, -0.05) is 13.0 Å². The van der Waals surface area contributed by atoms with E-state index in [1.165, 1.54) is 22.1 Å². The third-order valence-electron chi connectivity index (χ3n) is 3.01. The molecule has 0 unspecified atom stereocenters. The van der Waals surface area contributed by atoms with E-state index in [2.05, 4.69) is 45.1 Å². The van der Waals surface area contributed by atoms with E-state index in [1.807, 2.05) is 0 Å². The quantitative estimate of drug-likeness (QED) is 0.851. The fourth-order valence-electron chi connectivity index (χ4n) is 2.25. The van der Waals surface area contributed by atoms with Crippen molar-refractivity contribution in [2.45, 2.75) is 34.2 Å². The number of hydrogen-bond acceptors (Lipinski definition) is 2. The van der Waals surface area contributed by atoms with Crippen LogP contribution in [0.25, 0.3) is 11.0 Å². The molecule has 1 aromatic heterocycles. The molecule has 2 nitrogen and oxygen atoms in total. The number of hydrogen-bond donors (Lipinski definition) is 1. The van der Waals surface area contributed by atoms with Gasteiger partial charge in [-0.2, -0.15) is 0 Å². The molecule has 1 aromatic carbocycles. The summed E-state index contributed by atoms with van der Waals surface area (Å²) < 4.78 is 5.90. The summed E-state index contributed by atoms with van der Waals surface area (Å²) in [5, 5.41) is 4.58. The number of fused-ring (bicyclic) bond motifs is 1. The third-order valence-corrected chi connectivity index (χ3v) is 3.01. The highest BCUT2D eigenvalue weighted by Gasteiger charge is 2.12. The summed E-state index contributed by atoms with van der Waals surface area (Å²) >= 11 is 0. The van der Waals surface area contributed by atoms with Crippen molar-refractivity contribution in [3.05, 3.63) is 34.6 Å². The summed E-state index contributed by atoms with van der Waals surface area (Å²) in [6.45, 7) is 10.3. The van der Waals surface area contributed by atoms with Crippen molar-refractivity contribution in [1.29, 1.82) is 0 Å². The van der Waals surface area contributed by atoms with Gasteiger partial charge in [0.2, 0.25) is 0 Å². The van der Waals surface area contributed by atoms with E-state index in [-0.39, 0.29) is 0 Å². The Hall–Kier alpha value is -1.28. The van der Waals surface area contributed by atoms with Gasteiger partial charge in [-0.25, -0.2) is 0 Å². The first-order valence-corrected chi connectivity index (χ1v) is 5.83. The van der Waals surface area contributed by atoms with E-state index in [0.717, 1.165) is 24.4 Å². The average Bonchev–Trinajstić information content (AvgIpc) is 2.52. The molecule has 0 aliphatic rings. The highest BCUT2D eigenvalue weighted by atomic mass is 16.3. The molecule has 2 rings (SSSR count). The van der Waals surface area contributed by atoms with E-state index in [1.54, 1.807) is 0 Å². The van der Waals surface area contributed by atoms with Crippen LogP contribution in [0.3, 0.4) is 0 Å². The second-order valence-electron chi connectivity index (χ2n) is 4.39. The van der Waals surface area contributed by atoms with Crippen LogP contribution >= 0.6 is 0 Å². The second kappa shape index (κ2) is 4.30. The molecular weight excluding hydrogens is 198 g/mol. The highest BCUT2D eigenvalue weighted by Crippen LogP contribution is 2.29. The smallest absolute Gasteiger partial charge is 0.135 e. The number of rotatable bonds is 3. The van der Waals surface area contributed by atoms with Crippen LogP contribution in [-0.4, -0.2) is 6.54 Å². The molecule has 2 heteroatoms. The average molecular weight is 217 g/mol. The zero-order valence-corrected chi connectivity index (χ0v) is 10.5. The Balaban J connectivity index is 2.54. The van der Waals surface area contributed by atoms with Crippen LogP contribution < -0.4 is 5.32 Å². The first-order valence-electron chi connectivity index (χ1n) is 5.83. The van der Waals surface area contributed by atoms with Crippen LogP contribution in [0.2, 0.25) is 0 Å². The van der Waals surface area contributed by atoms with Crippen LogP contribution in [0, 0.1) is 20.8 Å². The Bertz CT molecular complexity index is 511. The predicted octanol–water partition coefficient (Wildman–Crippen LogP) is 3.47. The second-order valence-corrected chi connectivity index (χ2v) is 4.39. The molecule has 0 atom stereocenters. The number of nitrogens with one attached hydrogen (secondary N) is 1. The van der Waals surface area contributed by atoms with Crippen molar-refractivity contribution in [3.63, 3.8) is 0 Å². The Morgan fingerprint density at radius 3 is 2.62 bits per heavy atom. The summed E-state index contributed by atoms with van der Waals surface area (Å²) in [6, 6.07) is 4.33. The molecule has 0 bridgehead atoms. The van der Waals surface area contributed by atoms with E-state index >= 15 is 0 Å². The zero-order valence-electron chi connectivity index (χ0n) is 10.5. The standard InChI is InChI=1S/C14H19NO/c1-5-15-8-13-11(4)14-10(3)6-9(2)7-12(14)16-13/h6-7,15H,5,8H2,1-4H3. The molecule has 0 saturated carbocycles. The van der Waals surface area contributed by atoms with Crippen molar-refractivity contribution < 1.29 is 4.42 Å². The maximum absolute atomic E-state index is 5.90. The van der Waals surface area contributed by atoms with Crippen LogP contribution in [0.1, 0.15) is 29.4 Å². The highest BCUT2D eigenvalue weighted by molar-refractivity contribution is 5.86. The third kappa shape index (κ3) is 1.85. The van der Waals surface area contributed by atoms with Gasteiger partial charge in [0.1, 0.15) is 11.3 Å². The predicted molar refractivity (Wildman–Crippen MR) is 67.8 cm³/mol. The van der Waals surface area contributed by atoms with Gasteiger partial charge in [0.15, 0.2) is 0 Å².